The van der Waals surface area contributed by atoms with E-state index in [1.807, 2.05) is 18.2 Å². The van der Waals surface area contributed by atoms with Gasteiger partial charge >= 0.3 is 0 Å². The molecule has 0 spiro atoms. The predicted octanol–water partition coefficient (Wildman–Crippen LogP) is 2.02. The van der Waals surface area contributed by atoms with Gasteiger partial charge in [-0.15, -0.1) is 0 Å². The standard InChI is InChI=1S/C14H17NO/c16-12-6-8-13-7-2-3-9-14(13)15-10-4-1-5-11-15/h2-3,7,9,16H,1,4-5,10-12H2. The highest BCUT2D eigenvalue weighted by Crippen LogP contribution is 2.23. The third-order valence-electron chi connectivity index (χ3n) is 2.90. The molecule has 1 aliphatic rings. The van der Waals surface area contributed by atoms with Gasteiger partial charge in [-0.1, -0.05) is 24.0 Å². The van der Waals surface area contributed by atoms with E-state index in [0.29, 0.717) is 0 Å². The fraction of sp³-hybridized carbons (Fsp3) is 0.429. The summed E-state index contributed by atoms with van der Waals surface area (Å²) in [7, 11) is 0. The number of aliphatic hydroxyl groups excluding tert-OH is 1. The lowest BCUT2D eigenvalue weighted by Crippen LogP contribution is -2.29. The lowest BCUT2D eigenvalue weighted by molar-refractivity contribution is 0.350. The van der Waals surface area contributed by atoms with Gasteiger partial charge in [0.25, 0.3) is 0 Å². The molecule has 0 unspecified atom stereocenters. The van der Waals surface area contributed by atoms with E-state index in [-0.39, 0.29) is 6.61 Å². The number of benzene rings is 1. The van der Waals surface area contributed by atoms with Crippen molar-refractivity contribution in [2.75, 3.05) is 24.6 Å². The molecule has 0 saturated carbocycles. The van der Waals surface area contributed by atoms with Gasteiger partial charge in [0.1, 0.15) is 6.61 Å². The number of nitrogens with zero attached hydrogens (tertiary/aromatic N) is 1. The Bertz CT molecular complexity index is 397. The quantitative estimate of drug-likeness (QED) is 0.724. The third kappa shape index (κ3) is 2.56. The normalized spacial score (nSPS) is 15.4. The number of hydrogen-bond donors (Lipinski definition) is 1. The van der Waals surface area contributed by atoms with Gasteiger partial charge in [-0.3, -0.25) is 0 Å². The highest BCUT2D eigenvalue weighted by atomic mass is 16.2. The van der Waals surface area contributed by atoms with Crippen molar-refractivity contribution in [3.8, 4) is 11.8 Å². The second kappa shape index (κ2) is 5.58. The van der Waals surface area contributed by atoms with Crippen molar-refractivity contribution in [1.29, 1.82) is 0 Å². The lowest BCUT2D eigenvalue weighted by atomic mass is 10.1. The van der Waals surface area contributed by atoms with Gasteiger partial charge in [0.15, 0.2) is 0 Å². The van der Waals surface area contributed by atoms with E-state index in [0.717, 1.165) is 18.7 Å². The minimum Gasteiger partial charge on any atom is -0.384 e. The fourth-order valence-electron chi connectivity index (χ4n) is 2.12. The molecular weight excluding hydrogens is 198 g/mol. The first kappa shape index (κ1) is 11.0. The van der Waals surface area contributed by atoms with Crippen LogP contribution in [0.4, 0.5) is 5.69 Å². The van der Waals surface area contributed by atoms with E-state index in [9.17, 15) is 0 Å². The number of anilines is 1. The van der Waals surface area contributed by atoms with Crippen LogP contribution in [0, 0.1) is 11.8 Å². The van der Waals surface area contributed by atoms with Crippen molar-refractivity contribution >= 4 is 5.69 Å². The summed E-state index contributed by atoms with van der Waals surface area (Å²) in [6.45, 7) is 2.17. The van der Waals surface area contributed by atoms with Gasteiger partial charge in [0.2, 0.25) is 0 Å². The van der Waals surface area contributed by atoms with Gasteiger partial charge in [-0.2, -0.15) is 0 Å². The van der Waals surface area contributed by atoms with Crippen molar-refractivity contribution in [1.82, 2.24) is 0 Å². The van der Waals surface area contributed by atoms with Gasteiger partial charge in [0, 0.05) is 18.7 Å². The highest BCUT2D eigenvalue weighted by Gasteiger charge is 2.12. The molecule has 84 valence electrons. The zero-order valence-electron chi connectivity index (χ0n) is 9.45. The van der Waals surface area contributed by atoms with Crippen molar-refractivity contribution in [3.05, 3.63) is 29.8 Å². The maximum atomic E-state index is 8.74. The Hall–Kier alpha value is -1.46. The maximum absolute atomic E-state index is 8.74. The molecule has 1 fully saturated rings. The number of rotatable bonds is 1. The first-order valence-electron chi connectivity index (χ1n) is 5.85. The van der Waals surface area contributed by atoms with Crippen molar-refractivity contribution < 1.29 is 5.11 Å². The molecule has 0 atom stereocenters. The second-order valence-corrected chi connectivity index (χ2v) is 4.02. The monoisotopic (exact) mass is 215 g/mol. The molecule has 1 aliphatic heterocycles. The molecule has 2 nitrogen and oxygen atoms in total. The Kier molecular flexibility index (Phi) is 3.85. The molecule has 0 amide bonds. The minimum absolute atomic E-state index is 0.0751. The Morgan fingerprint density at radius 1 is 1.12 bits per heavy atom. The molecule has 0 radical (unpaired) electrons. The van der Waals surface area contributed by atoms with E-state index in [1.165, 1.54) is 24.9 Å². The van der Waals surface area contributed by atoms with Crippen LogP contribution in [0.2, 0.25) is 0 Å². The predicted molar refractivity (Wildman–Crippen MR) is 66.5 cm³/mol. The third-order valence-corrected chi connectivity index (χ3v) is 2.90. The maximum Gasteiger partial charge on any atom is 0.104 e. The molecule has 1 N–H and O–H groups in total. The summed E-state index contributed by atoms with van der Waals surface area (Å²) < 4.78 is 0. The fourth-order valence-corrected chi connectivity index (χ4v) is 2.12. The molecular formula is C14H17NO. The number of hydrogen-bond acceptors (Lipinski definition) is 2. The zero-order valence-corrected chi connectivity index (χ0v) is 9.45. The summed E-state index contributed by atoms with van der Waals surface area (Å²) >= 11 is 0. The molecule has 0 aliphatic carbocycles. The summed E-state index contributed by atoms with van der Waals surface area (Å²) in [5, 5.41) is 8.74. The molecule has 1 aromatic carbocycles. The van der Waals surface area contributed by atoms with E-state index in [4.69, 9.17) is 5.11 Å². The van der Waals surface area contributed by atoms with E-state index < -0.39 is 0 Å². The van der Waals surface area contributed by atoms with Gasteiger partial charge in [-0.05, 0) is 31.4 Å². The molecule has 0 aromatic heterocycles. The summed E-state index contributed by atoms with van der Waals surface area (Å²) in [6.07, 6.45) is 3.87. The van der Waals surface area contributed by atoms with Crippen molar-refractivity contribution in [2.45, 2.75) is 19.3 Å². The van der Waals surface area contributed by atoms with Crippen LogP contribution >= 0.6 is 0 Å². The van der Waals surface area contributed by atoms with Crippen LogP contribution < -0.4 is 4.90 Å². The Morgan fingerprint density at radius 2 is 1.88 bits per heavy atom. The number of piperidine rings is 1. The zero-order chi connectivity index (χ0) is 11.2. The van der Waals surface area contributed by atoms with Crippen LogP contribution in [0.3, 0.4) is 0 Å². The van der Waals surface area contributed by atoms with Crippen LogP contribution in [0.5, 0.6) is 0 Å². The molecule has 1 saturated heterocycles. The molecule has 1 heterocycles. The first-order chi connectivity index (χ1) is 7.92. The van der Waals surface area contributed by atoms with Gasteiger partial charge in [0.05, 0.1) is 5.69 Å². The smallest absolute Gasteiger partial charge is 0.104 e. The molecule has 2 rings (SSSR count). The second-order valence-electron chi connectivity index (χ2n) is 4.02. The Morgan fingerprint density at radius 3 is 2.62 bits per heavy atom. The molecule has 1 aromatic rings. The summed E-state index contributed by atoms with van der Waals surface area (Å²) in [6, 6.07) is 8.18. The highest BCUT2D eigenvalue weighted by molar-refractivity contribution is 5.60. The lowest BCUT2D eigenvalue weighted by Gasteiger charge is -2.29. The minimum atomic E-state index is -0.0751. The van der Waals surface area contributed by atoms with Gasteiger partial charge < -0.3 is 10.0 Å². The van der Waals surface area contributed by atoms with Crippen LogP contribution in [-0.4, -0.2) is 24.8 Å². The van der Waals surface area contributed by atoms with E-state index >= 15 is 0 Å². The van der Waals surface area contributed by atoms with Crippen LogP contribution in [0.25, 0.3) is 0 Å². The van der Waals surface area contributed by atoms with Gasteiger partial charge in [-0.25, -0.2) is 0 Å². The largest absolute Gasteiger partial charge is 0.384 e. The SMILES string of the molecule is OCC#Cc1ccccc1N1CCCCC1. The average Bonchev–Trinajstić information content (AvgIpc) is 2.38. The summed E-state index contributed by atoms with van der Waals surface area (Å²) in [5.41, 5.74) is 2.24. The average molecular weight is 215 g/mol. The van der Waals surface area contributed by atoms with Crippen molar-refractivity contribution in [2.24, 2.45) is 0 Å². The number of para-hydroxylation sites is 1. The van der Waals surface area contributed by atoms with E-state index in [2.05, 4.69) is 22.8 Å². The molecule has 0 bridgehead atoms. The number of aliphatic hydroxyl groups is 1. The van der Waals surface area contributed by atoms with Crippen LogP contribution in [0.1, 0.15) is 24.8 Å². The first-order valence-corrected chi connectivity index (χ1v) is 5.85. The molecule has 2 heteroatoms. The summed E-state index contributed by atoms with van der Waals surface area (Å²) in [5.74, 6) is 5.74. The Labute approximate surface area is 96.9 Å². The van der Waals surface area contributed by atoms with Crippen LogP contribution in [-0.2, 0) is 0 Å². The van der Waals surface area contributed by atoms with Crippen LogP contribution in [0.15, 0.2) is 24.3 Å². The Balaban J connectivity index is 2.24. The van der Waals surface area contributed by atoms with E-state index in [1.54, 1.807) is 0 Å². The molecule has 16 heavy (non-hydrogen) atoms. The van der Waals surface area contributed by atoms with Crippen molar-refractivity contribution in [3.63, 3.8) is 0 Å². The summed E-state index contributed by atoms with van der Waals surface area (Å²) in [4.78, 5) is 2.39. The topological polar surface area (TPSA) is 23.5 Å².